The molecule has 2 aliphatic rings. The lowest BCUT2D eigenvalue weighted by Crippen LogP contribution is -2.59. The van der Waals surface area contributed by atoms with Crippen molar-refractivity contribution in [2.24, 2.45) is 5.92 Å². The smallest absolute Gasteiger partial charge is 0.244 e. The van der Waals surface area contributed by atoms with Gasteiger partial charge in [-0.3, -0.25) is 9.59 Å². The summed E-state index contributed by atoms with van der Waals surface area (Å²) in [6.45, 7) is 3.95. The Morgan fingerprint density at radius 1 is 1.38 bits per heavy atom. The van der Waals surface area contributed by atoms with Gasteiger partial charge in [0.25, 0.3) is 0 Å². The highest BCUT2D eigenvalue weighted by molar-refractivity contribution is 7.91. The molecule has 2 saturated heterocycles. The highest BCUT2D eigenvalue weighted by Crippen LogP contribution is 2.23. The van der Waals surface area contributed by atoms with Gasteiger partial charge in [0, 0.05) is 32.6 Å². The third-order valence-corrected chi connectivity index (χ3v) is 5.84. The van der Waals surface area contributed by atoms with Crippen LogP contribution in [0, 0.1) is 5.92 Å². The molecule has 2 amide bonds. The van der Waals surface area contributed by atoms with Crippen molar-refractivity contribution < 1.29 is 18.0 Å². The zero-order chi connectivity index (χ0) is 15.5. The molecule has 0 spiro atoms. The molecule has 0 radical (unpaired) electrons. The fourth-order valence-corrected chi connectivity index (χ4v) is 4.79. The Labute approximate surface area is 125 Å². The molecule has 2 N–H and O–H groups in total. The summed E-state index contributed by atoms with van der Waals surface area (Å²) in [7, 11) is -2.97. The standard InChI is InChI=1S/C13H23N3O4S/c1-2-15-13(18)11-8-14-4-5-16(11)12(17)7-10-3-6-21(19,20)9-10/h10-11,14H,2-9H2,1H3,(H,15,18). The van der Waals surface area contributed by atoms with Gasteiger partial charge in [0.1, 0.15) is 6.04 Å². The van der Waals surface area contributed by atoms with E-state index in [0.29, 0.717) is 32.6 Å². The number of likely N-dealkylation sites (N-methyl/N-ethyl adjacent to an activating group) is 1. The molecule has 2 heterocycles. The van der Waals surface area contributed by atoms with Crippen molar-refractivity contribution in [1.82, 2.24) is 15.5 Å². The Morgan fingerprint density at radius 3 is 2.76 bits per heavy atom. The summed E-state index contributed by atoms with van der Waals surface area (Å²) in [5, 5.41) is 5.85. The third-order valence-electron chi connectivity index (χ3n) is 4.01. The first kappa shape index (κ1) is 16.2. The number of carbonyl (C=O) groups is 2. The maximum Gasteiger partial charge on any atom is 0.244 e. The molecule has 0 saturated carbocycles. The van der Waals surface area contributed by atoms with E-state index in [9.17, 15) is 18.0 Å². The number of hydrogen-bond acceptors (Lipinski definition) is 5. The molecule has 0 aromatic rings. The number of rotatable bonds is 4. The fourth-order valence-electron chi connectivity index (χ4n) is 2.93. The number of amides is 2. The van der Waals surface area contributed by atoms with E-state index in [1.165, 1.54) is 0 Å². The van der Waals surface area contributed by atoms with Crippen molar-refractivity contribution in [2.45, 2.75) is 25.8 Å². The van der Waals surface area contributed by atoms with Crippen molar-refractivity contribution in [1.29, 1.82) is 0 Å². The molecular weight excluding hydrogens is 294 g/mol. The first-order valence-corrected chi connectivity index (χ1v) is 9.23. The van der Waals surface area contributed by atoms with Gasteiger partial charge in [0.05, 0.1) is 11.5 Å². The van der Waals surface area contributed by atoms with Gasteiger partial charge >= 0.3 is 0 Å². The number of nitrogens with one attached hydrogen (secondary N) is 2. The maximum atomic E-state index is 12.4. The molecule has 2 unspecified atom stereocenters. The molecular formula is C13H23N3O4S. The molecule has 0 aromatic heterocycles. The van der Waals surface area contributed by atoms with Crippen LogP contribution in [0.25, 0.3) is 0 Å². The van der Waals surface area contributed by atoms with Gasteiger partial charge in [0.15, 0.2) is 9.84 Å². The van der Waals surface area contributed by atoms with Crippen LogP contribution in [0.2, 0.25) is 0 Å². The summed E-state index contributed by atoms with van der Waals surface area (Å²) < 4.78 is 22.9. The second-order valence-electron chi connectivity index (χ2n) is 5.67. The van der Waals surface area contributed by atoms with Crippen LogP contribution in [0.1, 0.15) is 19.8 Å². The van der Waals surface area contributed by atoms with E-state index >= 15 is 0 Å². The normalized spacial score (nSPS) is 28.3. The van der Waals surface area contributed by atoms with Crippen LogP contribution in [0.5, 0.6) is 0 Å². The molecule has 7 nitrogen and oxygen atoms in total. The first-order valence-electron chi connectivity index (χ1n) is 7.41. The van der Waals surface area contributed by atoms with Crippen LogP contribution in [-0.4, -0.2) is 68.9 Å². The van der Waals surface area contributed by atoms with E-state index in [1.54, 1.807) is 4.90 Å². The van der Waals surface area contributed by atoms with E-state index < -0.39 is 15.9 Å². The summed E-state index contributed by atoms with van der Waals surface area (Å²) in [6.07, 6.45) is 0.765. The van der Waals surface area contributed by atoms with Crippen LogP contribution >= 0.6 is 0 Å². The monoisotopic (exact) mass is 317 g/mol. The van der Waals surface area contributed by atoms with Gasteiger partial charge in [-0.25, -0.2) is 8.42 Å². The largest absolute Gasteiger partial charge is 0.355 e. The van der Waals surface area contributed by atoms with Gasteiger partial charge in [-0.05, 0) is 19.3 Å². The van der Waals surface area contributed by atoms with Crippen molar-refractivity contribution in [3.8, 4) is 0 Å². The van der Waals surface area contributed by atoms with Gasteiger partial charge in [0.2, 0.25) is 11.8 Å². The number of carbonyl (C=O) groups excluding carboxylic acids is 2. The lowest BCUT2D eigenvalue weighted by Gasteiger charge is -2.35. The van der Waals surface area contributed by atoms with E-state index in [-0.39, 0.29) is 35.7 Å². The summed E-state index contributed by atoms with van der Waals surface area (Å²) >= 11 is 0. The molecule has 0 aromatic carbocycles. The molecule has 2 aliphatic heterocycles. The predicted molar refractivity (Wildman–Crippen MR) is 78.4 cm³/mol. The van der Waals surface area contributed by atoms with Crippen LogP contribution < -0.4 is 10.6 Å². The minimum Gasteiger partial charge on any atom is -0.355 e. The zero-order valence-electron chi connectivity index (χ0n) is 12.3. The van der Waals surface area contributed by atoms with Gasteiger partial charge in [-0.1, -0.05) is 0 Å². The van der Waals surface area contributed by atoms with Gasteiger partial charge in [-0.15, -0.1) is 0 Å². The van der Waals surface area contributed by atoms with E-state index in [0.717, 1.165) is 0 Å². The average molecular weight is 317 g/mol. The molecule has 2 rings (SSSR count). The first-order chi connectivity index (χ1) is 9.93. The highest BCUT2D eigenvalue weighted by atomic mass is 32.2. The van der Waals surface area contributed by atoms with Crippen molar-refractivity contribution in [2.75, 3.05) is 37.7 Å². The summed E-state index contributed by atoms with van der Waals surface area (Å²) in [5.41, 5.74) is 0. The van der Waals surface area contributed by atoms with E-state index in [4.69, 9.17) is 0 Å². The fraction of sp³-hybridized carbons (Fsp3) is 0.846. The van der Waals surface area contributed by atoms with Crippen LogP contribution in [0.3, 0.4) is 0 Å². The van der Waals surface area contributed by atoms with Crippen molar-refractivity contribution in [3.63, 3.8) is 0 Å². The van der Waals surface area contributed by atoms with Crippen LogP contribution in [0.15, 0.2) is 0 Å². The molecule has 120 valence electrons. The quantitative estimate of drug-likeness (QED) is 0.675. The molecule has 2 atom stereocenters. The van der Waals surface area contributed by atoms with Crippen molar-refractivity contribution >= 4 is 21.7 Å². The van der Waals surface area contributed by atoms with Crippen LogP contribution in [0.4, 0.5) is 0 Å². The predicted octanol–water partition coefficient (Wildman–Crippen LogP) is -1.25. The molecule has 0 bridgehead atoms. The molecule has 8 heteroatoms. The number of sulfone groups is 1. The Morgan fingerprint density at radius 2 is 2.14 bits per heavy atom. The minimum absolute atomic E-state index is 0.0939. The summed E-state index contributed by atoms with van der Waals surface area (Å²) in [5.74, 6) is -0.109. The second kappa shape index (κ2) is 6.74. The van der Waals surface area contributed by atoms with Crippen LogP contribution in [-0.2, 0) is 19.4 Å². The molecule has 0 aliphatic carbocycles. The Bertz CT molecular complexity index is 506. The Hall–Kier alpha value is -1.15. The van der Waals surface area contributed by atoms with Gasteiger partial charge < -0.3 is 15.5 Å². The summed E-state index contributed by atoms with van der Waals surface area (Å²) in [4.78, 5) is 26.0. The Balaban J connectivity index is 1.97. The lowest BCUT2D eigenvalue weighted by atomic mass is 10.0. The minimum atomic E-state index is -2.97. The lowest BCUT2D eigenvalue weighted by molar-refractivity contribution is -0.142. The number of piperazine rings is 1. The maximum absolute atomic E-state index is 12.4. The zero-order valence-corrected chi connectivity index (χ0v) is 13.1. The number of hydrogen-bond donors (Lipinski definition) is 2. The highest BCUT2D eigenvalue weighted by Gasteiger charge is 2.35. The Kier molecular flexibility index (Phi) is 5.21. The van der Waals surface area contributed by atoms with E-state index in [2.05, 4.69) is 10.6 Å². The second-order valence-corrected chi connectivity index (χ2v) is 7.90. The van der Waals surface area contributed by atoms with Gasteiger partial charge in [-0.2, -0.15) is 0 Å². The molecule has 2 fully saturated rings. The van der Waals surface area contributed by atoms with E-state index in [1.807, 2.05) is 6.92 Å². The summed E-state index contributed by atoms with van der Waals surface area (Å²) in [6, 6.07) is -0.496. The topological polar surface area (TPSA) is 95.6 Å². The third kappa shape index (κ3) is 4.16. The van der Waals surface area contributed by atoms with Crippen molar-refractivity contribution in [3.05, 3.63) is 0 Å². The SMILES string of the molecule is CCNC(=O)C1CNCCN1C(=O)CC1CCS(=O)(=O)C1. The number of nitrogens with zero attached hydrogens (tertiary/aromatic N) is 1. The average Bonchev–Trinajstić information content (AvgIpc) is 2.78. The molecule has 21 heavy (non-hydrogen) atoms.